The number of fused-ring (bicyclic) bond motifs is 3. The normalized spacial score (nSPS) is 18.1. The van der Waals surface area contributed by atoms with Crippen LogP contribution in [0.2, 0.25) is 0 Å². The first-order chi connectivity index (χ1) is 15.3. The van der Waals surface area contributed by atoms with E-state index in [0.29, 0.717) is 11.9 Å². The van der Waals surface area contributed by atoms with E-state index in [0.717, 1.165) is 55.6 Å². The first kappa shape index (κ1) is 18.9. The summed E-state index contributed by atoms with van der Waals surface area (Å²) in [6.45, 7) is 5.44. The fraction of sp³-hybridized carbons (Fsp3) is 0.500. The van der Waals surface area contributed by atoms with Crippen LogP contribution in [0.4, 0.5) is 11.8 Å². The molecule has 2 fully saturated rings. The van der Waals surface area contributed by atoms with Gasteiger partial charge in [-0.05, 0) is 62.2 Å². The fourth-order valence-electron chi connectivity index (χ4n) is 4.94. The Kier molecular flexibility index (Phi) is 4.71. The van der Waals surface area contributed by atoms with Gasteiger partial charge in [-0.2, -0.15) is 0 Å². The largest absolute Gasteiger partial charge is 0.326 e. The first-order valence-corrected chi connectivity index (χ1v) is 11.7. The van der Waals surface area contributed by atoms with Gasteiger partial charge in [0.05, 0.1) is 17.1 Å². The average Bonchev–Trinajstić information content (AvgIpc) is 3.47. The second-order valence-corrected chi connectivity index (χ2v) is 9.10. The molecule has 2 N–H and O–H groups in total. The van der Waals surface area contributed by atoms with Crippen LogP contribution in [0.1, 0.15) is 61.2 Å². The number of imidazole rings is 1. The molecule has 0 radical (unpaired) electrons. The van der Waals surface area contributed by atoms with Gasteiger partial charge in [0.1, 0.15) is 11.6 Å². The standard InChI is InChI=1S/C24H29N7/c1-2-21-28-19-11-18-13-27-24(30-22(18)23(19)31(21)14-15-3-4-15)29-20-6-5-17(12-26-20)16-7-9-25-10-8-16/h5-6,12-13,15-16,25H,2-4,7-11,14H2,1H3,(H,26,27,29,30). The number of aromatic nitrogens is 5. The highest BCUT2D eigenvalue weighted by atomic mass is 15.2. The molecule has 31 heavy (non-hydrogen) atoms. The summed E-state index contributed by atoms with van der Waals surface area (Å²) in [6, 6.07) is 4.24. The molecular formula is C24H29N7. The Morgan fingerprint density at radius 1 is 1.06 bits per heavy atom. The highest BCUT2D eigenvalue weighted by molar-refractivity contribution is 5.70. The second-order valence-electron chi connectivity index (χ2n) is 9.10. The third-order valence-corrected chi connectivity index (χ3v) is 6.86. The van der Waals surface area contributed by atoms with E-state index in [1.807, 2.05) is 18.5 Å². The Morgan fingerprint density at radius 3 is 2.68 bits per heavy atom. The molecule has 7 nitrogen and oxygen atoms in total. The van der Waals surface area contributed by atoms with Crippen molar-refractivity contribution in [1.82, 2.24) is 29.8 Å². The van der Waals surface area contributed by atoms with E-state index >= 15 is 0 Å². The Hall–Kier alpha value is -2.80. The van der Waals surface area contributed by atoms with Crippen LogP contribution in [0.5, 0.6) is 0 Å². The lowest BCUT2D eigenvalue weighted by atomic mass is 9.91. The van der Waals surface area contributed by atoms with E-state index in [9.17, 15) is 0 Å². The molecule has 1 saturated heterocycles. The van der Waals surface area contributed by atoms with Gasteiger partial charge < -0.3 is 15.2 Å². The smallest absolute Gasteiger partial charge is 0.228 e. The summed E-state index contributed by atoms with van der Waals surface area (Å²) >= 11 is 0. The summed E-state index contributed by atoms with van der Waals surface area (Å²) in [6.07, 6.45) is 10.8. The molecule has 0 aromatic carbocycles. The maximum Gasteiger partial charge on any atom is 0.228 e. The summed E-state index contributed by atoms with van der Waals surface area (Å²) in [7, 11) is 0. The van der Waals surface area contributed by atoms with Crippen molar-refractivity contribution in [2.24, 2.45) is 5.92 Å². The average molecular weight is 416 g/mol. The minimum atomic E-state index is 0.603. The molecule has 3 aromatic heterocycles. The van der Waals surface area contributed by atoms with Crippen molar-refractivity contribution >= 4 is 11.8 Å². The molecular weight excluding hydrogens is 386 g/mol. The molecule has 2 aliphatic carbocycles. The summed E-state index contributed by atoms with van der Waals surface area (Å²) in [5.74, 6) is 3.99. The van der Waals surface area contributed by atoms with Crippen LogP contribution >= 0.6 is 0 Å². The number of anilines is 2. The highest BCUT2D eigenvalue weighted by Gasteiger charge is 2.31. The van der Waals surface area contributed by atoms with Gasteiger partial charge in [-0.15, -0.1) is 0 Å². The predicted molar refractivity (Wildman–Crippen MR) is 121 cm³/mol. The molecule has 0 spiro atoms. The monoisotopic (exact) mass is 415 g/mol. The van der Waals surface area contributed by atoms with E-state index in [2.05, 4.69) is 38.2 Å². The highest BCUT2D eigenvalue weighted by Crippen LogP contribution is 2.39. The molecule has 1 saturated carbocycles. The molecule has 160 valence electrons. The predicted octanol–water partition coefficient (Wildman–Crippen LogP) is 3.82. The zero-order valence-corrected chi connectivity index (χ0v) is 18.1. The number of nitrogens with zero attached hydrogens (tertiary/aromatic N) is 5. The maximum absolute atomic E-state index is 4.93. The fourth-order valence-corrected chi connectivity index (χ4v) is 4.94. The zero-order chi connectivity index (χ0) is 20.8. The molecule has 3 aliphatic rings. The van der Waals surface area contributed by atoms with Gasteiger partial charge in [0.2, 0.25) is 5.95 Å². The molecule has 3 aromatic rings. The summed E-state index contributed by atoms with van der Waals surface area (Å²) < 4.78 is 2.42. The minimum absolute atomic E-state index is 0.603. The molecule has 0 amide bonds. The van der Waals surface area contributed by atoms with E-state index in [4.69, 9.17) is 9.97 Å². The number of hydrogen-bond acceptors (Lipinski definition) is 6. The number of aryl methyl sites for hydroxylation is 1. The van der Waals surface area contributed by atoms with Crippen LogP contribution in [-0.4, -0.2) is 37.6 Å². The SMILES string of the molecule is CCc1nc2c(n1CC1CC1)-c1nc(Nc3ccc(C4CCNCC4)cn3)ncc1C2. The van der Waals surface area contributed by atoms with Gasteiger partial charge in [-0.25, -0.2) is 19.9 Å². The van der Waals surface area contributed by atoms with Gasteiger partial charge >= 0.3 is 0 Å². The summed E-state index contributed by atoms with van der Waals surface area (Å²) in [4.78, 5) is 19.0. The Labute approximate surface area is 182 Å². The lowest BCUT2D eigenvalue weighted by Gasteiger charge is -2.22. The molecule has 4 heterocycles. The van der Waals surface area contributed by atoms with Gasteiger partial charge in [0.25, 0.3) is 0 Å². The van der Waals surface area contributed by atoms with Gasteiger partial charge in [0.15, 0.2) is 0 Å². The van der Waals surface area contributed by atoms with Crippen LogP contribution < -0.4 is 10.6 Å². The van der Waals surface area contributed by atoms with Crippen molar-refractivity contribution in [2.45, 2.75) is 57.9 Å². The van der Waals surface area contributed by atoms with E-state index in [1.54, 1.807) is 0 Å². The maximum atomic E-state index is 4.93. The van der Waals surface area contributed by atoms with Crippen molar-refractivity contribution in [1.29, 1.82) is 0 Å². The van der Waals surface area contributed by atoms with Crippen LogP contribution in [0.15, 0.2) is 24.5 Å². The summed E-state index contributed by atoms with van der Waals surface area (Å²) in [5, 5.41) is 6.74. The zero-order valence-electron chi connectivity index (χ0n) is 18.1. The van der Waals surface area contributed by atoms with Crippen molar-refractivity contribution in [2.75, 3.05) is 18.4 Å². The Balaban J connectivity index is 1.25. The number of hydrogen-bond donors (Lipinski definition) is 2. The molecule has 6 rings (SSSR count). The number of rotatable bonds is 6. The molecule has 0 unspecified atom stereocenters. The van der Waals surface area contributed by atoms with Gasteiger partial charge in [-0.3, -0.25) is 0 Å². The Bertz CT molecular complexity index is 1090. The Morgan fingerprint density at radius 2 is 1.94 bits per heavy atom. The van der Waals surface area contributed by atoms with Crippen LogP contribution in [-0.2, 0) is 19.4 Å². The quantitative estimate of drug-likeness (QED) is 0.498. The molecule has 0 atom stereocenters. The van der Waals surface area contributed by atoms with Crippen LogP contribution in [0.25, 0.3) is 11.4 Å². The first-order valence-electron chi connectivity index (χ1n) is 11.7. The van der Waals surface area contributed by atoms with Crippen molar-refractivity contribution in [3.05, 3.63) is 47.2 Å². The third kappa shape index (κ3) is 3.61. The van der Waals surface area contributed by atoms with Crippen molar-refractivity contribution in [3.8, 4) is 11.4 Å². The lowest BCUT2D eigenvalue weighted by Crippen LogP contribution is -2.26. The topological polar surface area (TPSA) is 80.5 Å². The van der Waals surface area contributed by atoms with E-state index in [-0.39, 0.29) is 0 Å². The third-order valence-electron chi connectivity index (χ3n) is 6.86. The summed E-state index contributed by atoms with van der Waals surface area (Å²) in [5.41, 5.74) is 5.89. The van der Waals surface area contributed by atoms with Crippen molar-refractivity contribution < 1.29 is 0 Å². The molecule has 1 aliphatic heterocycles. The minimum Gasteiger partial charge on any atom is -0.326 e. The van der Waals surface area contributed by atoms with E-state index < -0.39 is 0 Å². The molecule has 7 heteroatoms. The van der Waals surface area contributed by atoms with Gasteiger partial charge in [0, 0.05) is 37.3 Å². The second kappa shape index (κ2) is 7.71. The number of pyridine rings is 1. The lowest BCUT2D eigenvalue weighted by molar-refractivity contribution is 0.459. The molecule has 0 bridgehead atoms. The van der Waals surface area contributed by atoms with Crippen molar-refractivity contribution in [3.63, 3.8) is 0 Å². The van der Waals surface area contributed by atoms with Gasteiger partial charge in [-0.1, -0.05) is 13.0 Å². The number of nitrogens with one attached hydrogen (secondary N) is 2. The van der Waals surface area contributed by atoms with Crippen LogP contribution in [0.3, 0.4) is 0 Å². The number of piperidine rings is 1. The van der Waals surface area contributed by atoms with E-state index in [1.165, 1.54) is 48.3 Å². The van der Waals surface area contributed by atoms with Crippen LogP contribution in [0, 0.1) is 5.92 Å².